The largest absolute Gasteiger partial charge is 0.665 e. The second kappa shape index (κ2) is 6.09. The van der Waals surface area contributed by atoms with Crippen LogP contribution in [-0.4, -0.2) is 13.6 Å². The average molecular weight is 395 g/mol. The van der Waals surface area contributed by atoms with Gasteiger partial charge < -0.3 is 5.32 Å². The minimum absolute atomic E-state index is 0. The smallest absolute Gasteiger partial charge is 0 e. The van der Waals surface area contributed by atoms with Crippen molar-refractivity contribution < 1.29 is 0 Å². The molecule has 0 heterocycles. The summed E-state index contributed by atoms with van der Waals surface area (Å²) in [4.78, 5) is 0. The van der Waals surface area contributed by atoms with Crippen LogP contribution in [0.3, 0.4) is 0 Å². The molecule has 0 radical (unpaired) electrons. The summed E-state index contributed by atoms with van der Waals surface area (Å²) < 4.78 is 0. The summed E-state index contributed by atoms with van der Waals surface area (Å²) in [7, 11) is 1.89. The Kier molecular flexibility index (Phi) is 7.13. The minimum atomic E-state index is 0. The fourth-order valence-corrected chi connectivity index (χ4v) is 1.05. The first-order chi connectivity index (χ1) is 4.22. The van der Waals surface area contributed by atoms with Crippen molar-refractivity contribution in [2.75, 3.05) is 13.6 Å². The van der Waals surface area contributed by atoms with Crippen molar-refractivity contribution in [3.05, 3.63) is 5.32 Å². The number of hydrogen-bond acceptors (Lipinski definition) is 0. The number of hydrogen-bond donors (Lipinski definition) is 0. The maximum Gasteiger partial charge on any atom is 0 e. The summed E-state index contributed by atoms with van der Waals surface area (Å²) in [5.74, 6) is 1.59. The van der Waals surface area contributed by atoms with E-state index in [1.54, 1.807) is 0 Å². The Morgan fingerprint density at radius 1 is 1.30 bits per heavy atom. The van der Waals surface area contributed by atoms with Gasteiger partial charge in [-0.3, -0.25) is 0 Å². The molecule has 0 saturated carbocycles. The van der Waals surface area contributed by atoms with Crippen LogP contribution < -0.4 is 0 Å². The molecule has 0 amide bonds. The van der Waals surface area contributed by atoms with E-state index in [4.69, 9.17) is 0 Å². The third-order valence-corrected chi connectivity index (χ3v) is 1.88. The monoisotopic (exact) mass is 395 g/mol. The molecule has 0 aromatic carbocycles. The topological polar surface area (TPSA) is 14.1 Å². The Labute approximate surface area is 58.8 Å². The molecular formula is C8H18NRf-. The van der Waals surface area contributed by atoms with Crippen LogP contribution in [0.4, 0.5) is 0 Å². The molecule has 1 unspecified atom stereocenters. The molecule has 0 bridgehead atoms. The summed E-state index contributed by atoms with van der Waals surface area (Å²) in [5.41, 5.74) is 0. The first kappa shape index (κ1) is 11.7. The molecule has 0 aromatic rings. The van der Waals surface area contributed by atoms with E-state index in [2.05, 4.69) is 26.1 Å². The van der Waals surface area contributed by atoms with Crippen LogP contribution in [-0.2, 0) is 0 Å². The summed E-state index contributed by atoms with van der Waals surface area (Å²) in [6.45, 7) is 7.79. The van der Waals surface area contributed by atoms with E-state index in [1.807, 2.05) is 7.05 Å². The Morgan fingerprint density at radius 3 is 1.90 bits per heavy atom. The fourth-order valence-electron chi connectivity index (χ4n) is 1.05. The molecule has 1 atom stereocenters. The normalized spacial score (nSPS) is 12.9. The van der Waals surface area contributed by atoms with Crippen LogP contribution in [0.2, 0.25) is 0 Å². The molecule has 0 aliphatic carbocycles. The van der Waals surface area contributed by atoms with Gasteiger partial charge in [0.05, 0.1) is 0 Å². The van der Waals surface area contributed by atoms with E-state index >= 15 is 0 Å². The molecule has 0 saturated heterocycles. The van der Waals surface area contributed by atoms with E-state index in [9.17, 15) is 0 Å². The zero-order valence-corrected chi connectivity index (χ0v) is 14.1. The molecule has 58 valence electrons. The van der Waals surface area contributed by atoms with Crippen molar-refractivity contribution in [1.29, 1.82) is 0 Å². The van der Waals surface area contributed by atoms with E-state index in [-0.39, 0.29) is 0 Å². The van der Waals surface area contributed by atoms with Gasteiger partial charge in [-0.25, -0.2) is 0 Å². The second-order valence-electron chi connectivity index (χ2n) is 2.91. The molecule has 2 heteroatoms. The Hall–Kier alpha value is -1.04. The maximum absolute atomic E-state index is 4.13. The van der Waals surface area contributed by atoms with Crippen molar-refractivity contribution >= 4 is 0 Å². The summed E-state index contributed by atoms with van der Waals surface area (Å²) in [6.07, 6.45) is 1.26. The molecular weight excluding hydrogens is 377 g/mol. The third kappa shape index (κ3) is 3.90. The minimum Gasteiger partial charge on any atom is -0.665 e. The Balaban J connectivity index is 0. The molecule has 0 spiro atoms. The fraction of sp³-hybridized carbons (Fsp3) is 1.00. The first-order valence-electron chi connectivity index (χ1n) is 3.78. The third-order valence-electron chi connectivity index (χ3n) is 1.88. The van der Waals surface area contributed by atoms with Gasteiger partial charge in [0.15, 0.2) is 0 Å². The second-order valence-corrected chi connectivity index (χ2v) is 2.91. The molecule has 0 aliphatic heterocycles. The van der Waals surface area contributed by atoms with Crippen LogP contribution in [0.25, 0.3) is 5.32 Å². The zero-order valence-electron chi connectivity index (χ0n) is 7.72. The van der Waals surface area contributed by atoms with Gasteiger partial charge in [0, 0.05) is 0 Å². The van der Waals surface area contributed by atoms with E-state index in [1.165, 1.54) is 6.42 Å². The molecule has 0 aromatic heterocycles. The molecule has 10 heavy (non-hydrogen) atoms. The zero-order chi connectivity index (χ0) is 7.28. The Morgan fingerprint density at radius 2 is 1.80 bits per heavy atom. The molecule has 0 aliphatic rings. The summed E-state index contributed by atoms with van der Waals surface area (Å²) >= 11 is 0. The molecule has 0 fully saturated rings. The van der Waals surface area contributed by atoms with E-state index < -0.39 is 0 Å². The van der Waals surface area contributed by atoms with Crippen LogP contribution in [0, 0.1) is 11.8 Å². The summed E-state index contributed by atoms with van der Waals surface area (Å²) in [6, 6.07) is 0. The average Bonchev–Trinajstić information content (AvgIpc) is 1.82. The van der Waals surface area contributed by atoms with E-state index in [0.29, 0.717) is 0 Å². The van der Waals surface area contributed by atoms with E-state index in [0.717, 1.165) is 18.4 Å². The quantitative estimate of drug-likeness (QED) is 0.695. The SMILES string of the molecule is CCC(C[N-]C)C(C)C.[Rf]. The standard InChI is InChI=1S/C8H18N.Rf/c1-5-8(6-9-4)7(2)3;/h7-8H,5-6H2,1-4H3;/q-1;. The van der Waals surface area contributed by atoms with Crippen molar-refractivity contribution in [2.45, 2.75) is 27.2 Å². The van der Waals surface area contributed by atoms with Crippen molar-refractivity contribution in [3.63, 3.8) is 0 Å². The summed E-state index contributed by atoms with van der Waals surface area (Å²) in [5, 5.41) is 4.13. The van der Waals surface area contributed by atoms with Crippen LogP contribution in [0.15, 0.2) is 0 Å². The van der Waals surface area contributed by atoms with Gasteiger partial charge in [0.1, 0.15) is 0 Å². The van der Waals surface area contributed by atoms with Gasteiger partial charge in [-0.05, 0) is 5.92 Å². The molecule has 1 nitrogen and oxygen atoms in total. The van der Waals surface area contributed by atoms with Crippen molar-refractivity contribution in [3.8, 4) is 0 Å². The predicted molar refractivity (Wildman–Crippen MR) is 42.8 cm³/mol. The first-order valence-corrected chi connectivity index (χ1v) is 3.78. The van der Waals surface area contributed by atoms with Gasteiger partial charge in [-0.1, -0.05) is 33.1 Å². The van der Waals surface area contributed by atoms with Crippen LogP contribution >= 0.6 is 0 Å². The van der Waals surface area contributed by atoms with Gasteiger partial charge in [0.25, 0.3) is 0 Å². The van der Waals surface area contributed by atoms with Gasteiger partial charge in [-0.2, -0.15) is 7.05 Å². The maximum atomic E-state index is 4.13. The van der Waals surface area contributed by atoms with Gasteiger partial charge in [-0.15, -0.1) is 6.54 Å². The number of nitrogens with zero attached hydrogens (tertiary/aromatic N) is 1. The Bertz CT molecular complexity index is 64.3. The molecule has 0 rings (SSSR count). The molecule has 0 N–H and O–H groups in total. The van der Waals surface area contributed by atoms with Crippen molar-refractivity contribution in [1.82, 2.24) is 0 Å². The number of rotatable bonds is 4. The predicted octanol–water partition coefficient (Wildman–Crippen LogP) is 2.67. The van der Waals surface area contributed by atoms with Crippen LogP contribution in [0.1, 0.15) is 27.2 Å². The van der Waals surface area contributed by atoms with Gasteiger partial charge in [0.2, 0.25) is 0 Å². The van der Waals surface area contributed by atoms with Gasteiger partial charge >= 0.3 is 0 Å². The van der Waals surface area contributed by atoms with Crippen LogP contribution in [0.5, 0.6) is 0 Å². The van der Waals surface area contributed by atoms with Crippen molar-refractivity contribution in [2.24, 2.45) is 11.8 Å².